The van der Waals surface area contributed by atoms with Crippen LogP contribution in [0, 0.1) is 0 Å². The summed E-state index contributed by atoms with van der Waals surface area (Å²) in [5, 5.41) is 19.5. The molecule has 94 valence electrons. The van der Waals surface area contributed by atoms with Crippen LogP contribution in [0.3, 0.4) is 0 Å². The molecule has 1 heterocycles. The fraction of sp³-hybridized carbons (Fsp3) is 0.538. The van der Waals surface area contributed by atoms with E-state index in [-0.39, 0.29) is 6.10 Å². The number of hydrogen-bond donors (Lipinski definition) is 2. The lowest BCUT2D eigenvalue weighted by atomic mass is 10.0. The van der Waals surface area contributed by atoms with Gasteiger partial charge >= 0.3 is 0 Å². The summed E-state index contributed by atoms with van der Waals surface area (Å²) in [7, 11) is 0. The molecule has 1 fully saturated rings. The SMILES string of the molecule is C[C@H]1OC[C@@H](OCc2ccccc2)[C@@H](O)[C@@H]1O. The van der Waals surface area contributed by atoms with Crippen molar-refractivity contribution in [1.82, 2.24) is 0 Å². The van der Waals surface area contributed by atoms with Gasteiger partial charge < -0.3 is 19.7 Å². The second kappa shape index (κ2) is 5.60. The molecule has 1 aromatic carbocycles. The van der Waals surface area contributed by atoms with Crippen molar-refractivity contribution < 1.29 is 19.7 Å². The molecular formula is C13H18O4. The van der Waals surface area contributed by atoms with Crippen molar-refractivity contribution in [2.75, 3.05) is 6.61 Å². The first-order chi connectivity index (χ1) is 8.18. The van der Waals surface area contributed by atoms with Crippen LogP contribution in [-0.2, 0) is 16.1 Å². The van der Waals surface area contributed by atoms with Gasteiger partial charge in [-0.15, -0.1) is 0 Å². The van der Waals surface area contributed by atoms with Crippen LogP contribution < -0.4 is 0 Å². The van der Waals surface area contributed by atoms with Gasteiger partial charge in [-0.3, -0.25) is 0 Å². The molecule has 0 spiro atoms. The van der Waals surface area contributed by atoms with Crippen LogP contribution in [0.4, 0.5) is 0 Å². The predicted octanol–water partition coefficient (Wildman–Crippen LogP) is 0.712. The Morgan fingerprint density at radius 1 is 1.24 bits per heavy atom. The summed E-state index contributed by atoms with van der Waals surface area (Å²) in [6, 6.07) is 9.71. The monoisotopic (exact) mass is 238 g/mol. The Kier molecular flexibility index (Phi) is 4.12. The molecule has 0 aliphatic carbocycles. The van der Waals surface area contributed by atoms with Gasteiger partial charge in [0, 0.05) is 0 Å². The molecule has 4 nitrogen and oxygen atoms in total. The first-order valence-electron chi connectivity index (χ1n) is 5.81. The van der Waals surface area contributed by atoms with Crippen molar-refractivity contribution in [3.05, 3.63) is 35.9 Å². The highest BCUT2D eigenvalue weighted by atomic mass is 16.6. The fourth-order valence-corrected chi connectivity index (χ4v) is 1.87. The van der Waals surface area contributed by atoms with E-state index in [2.05, 4.69) is 0 Å². The maximum Gasteiger partial charge on any atom is 0.111 e. The number of aliphatic hydroxyl groups excluding tert-OH is 2. The second-order valence-electron chi connectivity index (χ2n) is 4.35. The molecule has 0 aromatic heterocycles. The number of benzene rings is 1. The smallest absolute Gasteiger partial charge is 0.111 e. The van der Waals surface area contributed by atoms with Gasteiger partial charge in [-0.25, -0.2) is 0 Å². The zero-order valence-electron chi connectivity index (χ0n) is 9.82. The number of hydrogen-bond acceptors (Lipinski definition) is 4. The molecule has 2 rings (SSSR count). The molecule has 0 radical (unpaired) electrons. The molecule has 1 aliphatic rings. The highest BCUT2D eigenvalue weighted by Crippen LogP contribution is 2.18. The lowest BCUT2D eigenvalue weighted by molar-refractivity contribution is -0.199. The Hall–Kier alpha value is -0.940. The van der Waals surface area contributed by atoms with E-state index in [0.29, 0.717) is 13.2 Å². The Morgan fingerprint density at radius 3 is 2.65 bits per heavy atom. The van der Waals surface area contributed by atoms with Crippen molar-refractivity contribution in [2.45, 2.75) is 37.9 Å². The summed E-state index contributed by atoms with van der Waals surface area (Å²) in [6.45, 7) is 2.46. The molecule has 4 heteroatoms. The maximum absolute atomic E-state index is 9.83. The van der Waals surface area contributed by atoms with Gasteiger partial charge in [0.05, 0.1) is 19.3 Å². The van der Waals surface area contributed by atoms with Gasteiger partial charge in [0.1, 0.15) is 18.3 Å². The molecule has 0 unspecified atom stereocenters. The Balaban J connectivity index is 1.87. The van der Waals surface area contributed by atoms with Gasteiger partial charge in [0.2, 0.25) is 0 Å². The summed E-state index contributed by atoms with van der Waals surface area (Å²) >= 11 is 0. The minimum Gasteiger partial charge on any atom is -0.388 e. The third-order valence-corrected chi connectivity index (χ3v) is 3.04. The van der Waals surface area contributed by atoms with Gasteiger partial charge in [-0.2, -0.15) is 0 Å². The summed E-state index contributed by atoms with van der Waals surface area (Å²) < 4.78 is 10.9. The standard InChI is InChI=1S/C13H18O4/c1-9-12(14)13(15)11(8-16-9)17-7-10-5-3-2-4-6-10/h2-6,9,11-15H,7-8H2,1H3/t9-,11-,12-,13-/m1/s1. The molecule has 2 N–H and O–H groups in total. The first-order valence-corrected chi connectivity index (χ1v) is 5.81. The average Bonchev–Trinajstić information content (AvgIpc) is 2.36. The average molecular weight is 238 g/mol. The minimum absolute atomic E-state index is 0.312. The van der Waals surface area contributed by atoms with Crippen molar-refractivity contribution in [3.63, 3.8) is 0 Å². The zero-order valence-corrected chi connectivity index (χ0v) is 9.82. The normalized spacial score (nSPS) is 33.6. The van der Waals surface area contributed by atoms with Crippen LogP contribution in [0.5, 0.6) is 0 Å². The topological polar surface area (TPSA) is 58.9 Å². The van der Waals surface area contributed by atoms with Crippen molar-refractivity contribution in [1.29, 1.82) is 0 Å². The van der Waals surface area contributed by atoms with E-state index < -0.39 is 18.3 Å². The fourth-order valence-electron chi connectivity index (χ4n) is 1.87. The molecule has 0 bridgehead atoms. The summed E-state index contributed by atoms with van der Waals surface area (Å²) in [4.78, 5) is 0. The molecule has 1 aromatic rings. The number of aliphatic hydroxyl groups is 2. The van der Waals surface area contributed by atoms with Gasteiger partial charge in [-0.05, 0) is 12.5 Å². The van der Waals surface area contributed by atoms with Gasteiger partial charge in [-0.1, -0.05) is 30.3 Å². The van der Waals surface area contributed by atoms with Crippen LogP contribution >= 0.6 is 0 Å². The van der Waals surface area contributed by atoms with E-state index in [4.69, 9.17) is 9.47 Å². The third-order valence-electron chi connectivity index (χ3n) is 3.04. The molecule has 17 heavy (non-hydrogen) atoms. The first kappa shape index (κ1) is 12.5. The summed E-state index contributed by atoms with van der Waals surface area (Å²) in [6.07, 6.45) is -2.59. The molecule has 4 atom stereocenters. The van der Waals surface area contributed by atoms with E-state index in [0.717, 1.165) is 5.56 Å². The van der Waals surface area contributed by atoms with Crippen LogP contribution in [-0.4, -0.2) is 41.2 Å². The van der Waals surface area contributed by atoms with Crippen LogP contribution in [0.15, 0.2) is 30.3 Å². The van der Waals surface area contributed by atoms with Crippen LogP contribution in [0.25, 0.3) is 0 Å². The second-order valence-corrected chi connectivity index (χ2v) is 4.35. The molecular weight excluding hydrogens is 220 g/mol. The summed E-state index contributed by atoms with van der Waals surface area (Å²) in [5.74, 6) is 0. The van der Waals surface area contributed by atoms with E-state index in [9.17, 15) is 10.2 Å². The van der Waals surface area contributed by atoms with Crippen molar-refractivity contribution >= 4 is 0 Å². The van der Waals surface area contributed by atoms with Gasteiger partial charge in [0.25, 0.3) is 0 Å². The predicted molar refractivity (Wildman–Crippen MR) is 62.4 cm³/mol. The Labute approximate surface area is 101 Å². The minimum atomic E-state index is -0.887. The molecule has 1 saturated heterocycles. The Morgan fingerprint density at radius 2 is 1.94 bits per heavy atom. The van der Waals surface area contributed by atoms with E-state index in [1.165, 1.54) is 0 Å². The highest BCUT2D eigenvalue weighted by molar-refractivity contribution is 5.13. The van der Waals surface area contributed by atoms with Crippen LogP contribution in [0.2, 0.25) is 0 Å². The Bertz CT molecular complexity index is 341. The van der Waals surface area contributed by atoms with E-state index in [1.54, 1.807) is 6.92 Å². The van der Waals surface area contributed by atoms with E-state index >= 15 is 0 Å². The zero-order chi connectivity index (χ0) is 12.3. The largest absolute Gasteiger partial charge is 0.388 e. The molecule has 0 amide bonds. The summed E-state index contributed by atoms with van der Waals surface area (Å²) in [5.41, 5.74) is 1.04. The van der Waals surface area contributed by atoms with E-state index in [1.807, 2.05) is 30.3 Å². The number of rotatable bonds is 3. The van der Waals surface area contributed by atoms with Crippen molar-refractivity contribution in [3.8, 4) is 0 Å². The van der Waals surface area contributed by atoms with Gasteiger partial charge in [0.15, 0.2) is 0 Å². The van der Waals surface area contributed by atoms with Crippen LogP contribution in [0.1, 0.15) is 12.5 Å². The highest BCUT2D eigenvalue weighted by Gasteiger charge is 2.36. The third kappa shape index (κ3) is 3.04. The molecule has 1 aliphatic heterocycles. The lowest BCUT2D eigenvalue weighted by Crippen LogP contribution is -2.52. The number of ether oxygens (including phenoxy) is 2. The quantitative estimate of drug-likeness (QED) is 0.814. The maximum atomic E-state index is 9.83. The lowest BCUT2D eigenvalue weighted by Gasteiger charge is -2.35. The molecule has 0 saturated carbocycles. The van der Waals surface area contributed by atoms with Crippen molar-refractivity contribution in [2.24, 2.45) is 0 Å².